The van der Waals surface area contributed by atoms with Crippen molar-refractivity contribution in [1.82, 2.24) is 0 Å². The van der Waals surface area contributed by atoms with Crippen molar-refractivity contribution in [2.45, 2.75) is 142 Å². The van der Waals surface area contributed by atoms with E-state index in [4.69, 9.17) is 10.5 Å². The zero-order valence-corrected chi connectivity index (χ0v) is 18.1. The van der Waals surface area contributed by atoms with Crippen molar-refractivity contribution in [2.75, 3.05) is 0 Å². The van der Waals surface area contributed by atoms with Gasteiger partial charge in [-0.15, -0.1) is 0 Å². The molecule has 0 radical (unpaired) electrons. The Labute approximate surface area is 163 Å². The summed E-state index contributed by atoms with van der Waals surface area (Å²) in [7, 11) is 0. The van der Waals surface area contributed by atoms with E-state index in [1.165, 1.54) is 89.9 Å². The Morgan fingerprint density at radius 3 is 1.38 bits per heavy atom. The molecule has 0 heterocycles. The van der Waals surface area contributed by atoms with Gasteiger partial charge in [-0.1, -0.05) is 97.3 Å². The van der Waals surface area contributed by atoms with Crippen molar-refractivity contribution < 1.29 is 9.53 Å². The van der Waals surface area contributed by atoms with Crippen LogP contribution in [0.25, 0.3) is 0 Å². The molecule has 0 spiro atoms. The highest BCUT2D eigenvalue weighted by molar-refractivity contribution is 5.75. The summed E-state index contributed by atoms with van der Waals surface area (Å²) in [5, 5.41) is 0. The third-order valence-corrected chi connectivity index (χ3v) is 5.16. The van der Waals surface area contributed by atoms with E-state index in [0.717, 1.165) is 19.3 Å². The second-order valence-electron chi connectivity index (χ2n) is 8.02. The number of hydrogen-bond acceptors (Lipinski definition) is 3. The Bertz CT molecular complexity index is 305. The summed E-state index contributed by atoms with van der Waals surface area (Å²) in [5.74, 6) is -0.239. The van der Waals surface area contributed by atoms with Gasteiger partial charge in [0.2, 0.25) is 0 Å². The van der Waals surface area contributed by atoms with E-state index in [9.17, 15) is 4.79 Å². The third-order valence-electron chi connectivity index (χ3n) is 5.16. The van der Waals surface area contributed by atoms with Gasteiger partial charge >= 0.3 is 5.97 Å². The summed E-state index contributed by atoms with van der Waals surface area (Å²) in [4.78, 5) is 11.8. The fourth-order valence-electron chi connectivity index (χ4n) is 3.37. The number of hydrogen-bond donors (Lipinski definition) is 1. The molecule has 0 aliphatic rings. The third kappa shape index (κ3) is 16.9. The molecule has 0 bridgehead atoms. The highest BCUT2D eigenvalue weighted by atomic mass is 16.5. The van der Waals surface area contributed by atoms with Crippen molar-refractivity contribution in [2.24, 2.45) is 5.73 Å². The lowest BCUT2D eigenvalue weighted by atomic mass is 10.0. The zero-order valence-electron chi connectivity index (χ0n) is 18.1. The minimum atomic E-state index is -0.509. The van der Waals surface area contributed by atoms with Crippen LogP contribution in [0.2, 0.25) is 0 Å². The number of unbranched alkanes of at least 4 members (excludes halogenated alkanes) is 13. The summed E-state index contributed by atoms with van der Waals surface area (Å²) in [5.41, 5.74) is 5.66. The van der Waals surface area contributed by atoms with E-state index in [2.05, 4.69) is 13.8 Å². The van der Waals surface area contributed by atoms with Crippen LogP contribution >= 0.6 is 0 Å². The summed E-state index contributed by atoms with van der Waals surface area (Å²) in [6.45, 7) is 6.22. The average molecular weight is 370 g/mol. The Kier molecular flexibility index (Phi) is 18.8. The maximum absolute atomic E-state index is 11.8. The standard InChI is InChI=1S/C23H47NO2/c1-4-6-8-10-12-13-14-16-18-20-22(26-23(25)21(3)24)19-17-15-11-9-7-5-2/h21-22H,4-20,24H2,1-3H3. The molecular formula is C23H47NO2. The number of esters is 1. The predicted molar refractivity (Wildman–Crippen MR) is 113 cm³/mol. The van der Waals surface area contributed by atoms with E-state index in [-0.39, 0.29) is 12.1 Å². The number of rotatable bonds is 19. The quantitative estimate of drug-likeness (QED) is 0.199. The Balaban J connectivity index is 3.84. The number of ether oxygens (including phenoxy) is 1. The molecule has 0 saturated heterocycles. The van der Waals surface area contributed by atoms with Crippen LogP contribution in [0.3, 0.4) is 0 Å². The molecule has 156 valence electrons. The lowest BCUT2D eigenvalue weighted by Crippen LogP contribution is -2.32. The normalized spacial score (nSPS) is 13.5. The first-order valence-electron chi connectivity index (χ1n) is 11.6. The van der Waals surface area contributed by atoms with E-state index < -0.39 is 6.04 Å². The van der Waals surface area contributed by atoms with Gasteiger partial charge in [0.15, 0.2) is 0 Å². The first-order chi connectivity index (χ1) is 12.6. The molecule has 0 fully saturated rings. The smallest absolute Gasteiger partial charge is 0.322 e. The SMILES string of the molecule is CCCCCCCCCCCC(CCCCCCCC)OC(=O)C(C)N. The first-order valence-corrected chi connectivity index (χ1v) is 11.6. The molecular weight excluding hydrogens is 322 g/mol. The molecule has 0 saturated carbocycles. The molecule has 3 nitrogen and oxygen atoms in total. The number of carbonyl (C=O) groups is 1. The summed E-state index contributed by atoms with van der Waals surface area (Å²) in [6.07, 6.45) is 21.7. The fourth-order valence-corrected chi connectivity index (χ4v) is 3.37. The predicted octanol–water partition coefficient (Wildman–Crippen LogP) is 6.92. The lowest BCUT2D eigenvalue weighted by Gasteiger charge is -2.19. The Hall–Kier alpha value is -0.570. The molecule has 0 aliphatic carbocycles. The number of nitrogens with two attached hydrogens (primary N) is 1. The molecule has 2 atom stereocenters. The Morgan fingerprint density at radius 2 is 1.04 bits per heavy atom. The average Bonchev–Trinajstić information content (AvgIpc) is 2.62. The van der Waals surface area contributed by atoms with E-state index >= 15 is 0 Å². The van der Waals surface area contributed by atoms with Gasteiger partial charge in [-0.05, 0) is 32.6 Å². The molecule has 0 rings (SSSR count). The molecule has 2 N–H and O–H groups in total. The zero-order chi connectivity index (χ0) is 19.5. The van der Waals surface area contributed by atoms with Gasteiger partial charge in [0.1, 0.15) is 12.1 Å². The minimum Gasteiger partial charge on any atom is -0.461 e. The van der Waals surface area contributed by atoms with E-state index in [1.54, 1.807) is 6.92 Å². The number of carbonyl (C=O) groups excluding carboxylic acids is 1. The van der Waals surface area contributed by atoms with Gasteiger partial charge in [0, 0.05) is 0 Å². The van der Waals surface area contributed by atoms with Crippen molar-refractivity contribution in [3.05, 3.63) is 0 Å². The maximum atomic E-state index is 11.8. The molecule has 26 heavy (non-hydrogen) atoms. The van der Waals surface area contributed by atoms with Crippen LogP contribution in [0.15, 0.2) is 0 Å². The molecule has 0 amide bonds. The fraction of sp³-hybridized carbons (Fsp3) is 0.957. The molecule has 0 aromatic rings. The van der Waals surface area contributed by atoms with Gasteiger partial charge in [0.25, 0.3) is 0 Å². The largest absolute Gasteiger partial charge is 0.461 e. The summed E-state index contributed by atoms with van der Waals surface area (Å²) < 4.78 is 5.65. The molecule has 3 heteroatoms. The van der Waals surface area contributed by atoms with Crippen molar-refractivity contribution >= 4 is 5.97 Å². The highest BCUT2D eigenvalue weighted by Crippen LogP contribution is 2.17. The van der Waals surface area contributed by atoms with Crippen molar-refractivity contribution in [3.63, 3.8) is 0 Å². The van der Waals surface area contributed by atoms with E-state index in [1.807, 2.05) is 0 Å². The topological polar surface area (TPSA) is 52.3 Å². The van der Waals surface area contributed by atoms with Gasteiger partial charge in [-0.25, -0.2) is 0 Å². The van der Waals surface area contributed by atoms with Crippen LogP contribution < -0.4 is 5.73 Å². The van der Waals surface area contributed by atoms with Gasteiger partial charge in [-0.3, -0.25) is 4.79 Å². The molecule has 0 aliphatic heterocycles. The van der Waals surface area contributed by atoms with Crippen LogP contribution in [0.1, 0.15) is 130 Å². The minimum absolute atomic E-state index is 0.0734. The second kappa shape index (κ2) is 19.2. The summed E-state index contributed by atoms with van der Waals surface area (Å²) >= 11 is 0. The van der Waals surface area contributed by atoms with Gasteiger partial charge < -0.3 is 10.5 Å². The van der Waals surface area contributed by atoms with Crippen LogP contribution in [-0.4, -0.2) is 18.1 Å². The van der Waals surface area contributed by atoms with Crippen LogP contribution in [0.5, 0.6) is 0 Å². The van der Waals surface area contributed by atoms with Crippen LogP contribution in [0, 0.1) is 0 Å². The van der Waals surface area contributed by atoms with E-state index in [0.29, 0.717) is 0 Å². The van der Waals surface area contributed by atoms with Crippen molar-refractivity contribution in [3.8, 4) is 0 Å². The molecule has 0 aromatic heterocycles. The van der Waals surface area contributed by atoms with Crippen LogP contribution in [-0.2, 0) is 9.53 Å². The molecule has 0 aromatic carbocycles. The lowest BCUT2D eigenvalue weighted by molar-refractivity contribution is -0.151. The van der Waals surface area contributed by atoms with Gasteiger partial charge in [0.05, 0.1) is 0 Å². The monoisotopic (exact) mass is 369 g/mol. The Morgan fingerprint density at radius 1 is 0.692 bits per heavy atom. The second-order valence-corrected chi connectivity index (χ2v) is 8.02. The van der Waals surface area contributed by atoms with Crippen molar-refractivity contribution in [1.29, 1.82) is 0 Å². The maximum Gasteiger partial charge on any atom is 0.322 e. The first kappa shape index (κ1) is 25.4. The highest BCUT2D eigenvalue weighted by Gasteiger charge is 2.16. The van der Waals surface area contributed by atoms with Crippen LogP contribution in [0.4, 0.5) is 0 Å². The molecule has 2 unspecified atom stereocenters. The van der Waals surface area contributed by atoms with Gasteiger partial charge in [-0.2, -0.15) is 0 Å². The summed E-state index contributed by atoms with van der Waals surface area (Å²) in [6, 6.07) is -0.509.